The van der Waals surface area contributed by atoms with Gasteiger partial charge in [0.25, 0.3) is 5.91 Å². The van der Waals surface area contributed by atoms with Gasteiger partial charge in [0.05, 0.1) is 0 Å². The Morgan fingerprint density at radius 1 is 1.15 bits per heavy atom. The van der Waals surface area contributed by atoms with E-state index in [4.69, 9.17) is 4.74 Å². The molecule has 1 aliphatic heterocycles. The minimum atomic E-state index is 0.113. The van der Waals surface area contributed by atoms with E-state index in [-0.39, 0.29) is 12.5 Å². The number of thioether (sulfide) groups is 1. The molecule has 4 heteroatoms. The van der Waals surface area contributed by atoms with Crippen LogP contribution in [0.2, 0.25) is 0 Å². The minimum Gasteiger partial charge on any atom is -0.484 e. The highest BCUT2D eigenvalue weighted by molar-refractivity contribution is 8.00. The summed E-state index contributed by atoms with van der Waals surface area (Å²) >= 11 is 2.20. The molecule has 1 unspecified atom stereocenters. The number of carbonyl (C=O) groups is 1. The Kier molecular flexibility index (Phi) is 7.51. The summed E-state index contributed by atoms with van der Waals surface area (Å²) in [6, 6.07) is 7.90. The third-order valence-electron chi connectivity index (χ3n) is 6.15. The zero-order chi connectivity index (χ0) is 19.1. The molecule has 1 aliphatic carbocycles. The molecule has 1 aromatic carbocycles. The molecule has 150 valence electrons. The second kappa shape index (κ2) is 9.86. The largest absolute Gasteiger partial charge is 0.484 e. The summed E-state index contributed by atoms with van der Waals surface area (Å²) in [5.74, 6) is 2.73. The summed E-state index contributed by atoms with van der Waals surface area (Å²) in [5.41, 5.74) is 1.20. The van der Waals surface area contributed by atoms with Gasteiger partial charge in [-0.05, 0) is 56.9 Å². The van der Waals surface area contributed by atoms with Crippen molar-refractivity contribution in [2.75, 3.05) is 25.4 Å². The summed E-state index contributed by atoms with van der Waals surface area (Å²) in [7, 11) is 0. The van der Waals surface area contributed by atoms with Crippen LogP contribution in [0.1, 0.15) is 63.9 Å². The van der Waals surface area contributed by atoms with Gasteiger partial charge in [0, 0.05) is 17.8 Å². The maximum Gasteiger partial charge on any atom is 0.260 e. The molecule has 0 bridgehead atoms. The molecule has 27 heavy (non-hydrogen) atoms. The lowest BCUT2D eigenvalue weighted by molar-refractivity contribution is -0.133. The highest BCUT2D eigenvalue weighted by Crippen LogP contribution is 2.49. The third-order valence-corrected chi connectivity index (χ3v) is 7.97. The van der Waals surface area contributed by atoms with E-state index in [2.05, 4.69) is 25.6 Å². The Bertz CT molecular complexity index is 593. The summed E-state index contributed by atoms with van der Waals surface area (Å²) in [6.45, 7) is 5.93. The van der Waals surface area contributed by atoms with Gasteiger partial charge < -0.3 is 9.64 Å². The van der Waals surface area contributed by atoms with Crippen LogP contribution >= 0.6 is 11.8 Å². The number of aryl methyl sites for hydroxylation is 1. The predicted molar refractivity (Wildman–Crippen MR) is 115 cm³/mol. The number of benzene rings is 1. The molecule has 0 N–H and O–H groups in total. The molecule has 1 spiro atoms. The van der Waals surface area contributed by atoms with Crippen LogP contribution in [0.3, 0.4) is 0 Å². The average molecular weight is 390 g/mol. The van der Waals surface area contributed by atoms with Crippen LogP contribution in [0, 0.1) is 12.8 Å². The molecule has 3 rings (SSSR count). The summed E-state index contributed by atoms with van der Waals surface area (Å²) < 4.78 is 6.22. The number of rotatable bonds is 6. The molecule has 1 aromatic rings. The monoisotopic (exact) mass is 389 g/mol. The molecule has 1 amide bonds. The van der Waals surface area contributed by atoms with Crippen molar-refractivity contribution in [2.24, 2.45) is 5.92 Å². The predicted octanol–water partition coefficient (Wildman–Crippen LogP) is 5.46. The highest BCUT2D eigenvalue weighted by atomic mass is 32.2. The quantitative estimate of drug-likeness (QED) is 0.647. The van der Waals surface area contributed by atoms with E-state index < -0.39 is 0 Å². The molecule has 2 aliphatic rings. The Morgan fingerprint density at radius 3 is 2.48 bits per heavy atom. The highest BCUT2D eigenvalue weighted by Gasteiger charge is 2.40. The number of carbonyl (C=O) groups excluding carboxylic acids is 1. The summed E-state index contributed by atoms with van der Waals surface area (Å²) in [5, 5.41) is 0. The van der Waals surface area contributed by atoms with Crippen LogP contribution in [0.4, 0.5) is 0 Å². The van der Waals surface area contributed by atoms with Crippen molar-refractivity contribution in [3.8, 4) is 5.75 Å². The topological polar surface area (TPSA) is 29.5 Å². The number of hydrogen-bond donors (Lipinski definition) is 0. The molecule has 0 aromatic heterocycles. The SMILES string of the molecule is CCN(CC1CSC2(CCCCCCC2)C1)C(=O)COc1ccc(C)cc1. The lowest BCUT2D eigenvalue weighted by Gasteiger charge is -2.31. The van der Waals surface area contributed by atoms with E-state index in [1.165, 1.54) is 62.7 Å². The van der Waals surface area contributed by atoms with Gasteiger partial charge in [-0.15, -0.1) is 0 Å². The molecule has 1 saturated carbocycles. The van der Waals surface area contributed by atoms with Crippen LogP contribution in [-0.4, -0.2) is 41.0 Å². The number of ether oxygens (including phenoxy) is 1. The first-order valence-corrected chi connectivity index (χ1v) is 11.7. The maximum absolute atomic E-state index is 12.7. The number of nitrogens with zero attached hydrogens (tertiary/aromatic N) is 1. The van der Waals surface area contributed by atoms with Gasteiger partial charge in [-0.25, -0.2) is 0 Å². The van der Waals surface area contributed by atoms with Gasteiger partial charge in [0.2, 0.25) is 0 Å². The smallest absolute Gasteiger partial charge is 0.260 e. The second-order valence-electron chi connectivity index (χ2n) is 8.37. The molecular weight excluding hydrogens is 354 g/mol. The fourth-order valence-electron chi connectivity index (χ4n) is 4.54. The Balaban J connectivity index is 1.49. The Labute approximate surface area is 169 Å². The van der Waals surface area contributed by atoms with E-state index in [0.29, 0.717) is 10.7 Å². The standard InChI is InChI=1S/C23H35NO2S/c1-3-24(22(25)17-26-21-11-9-19(2)10-12-21)16-20-15-23(27-18-20)13-7-5-4-6-8-14-23/h9-12,20H,3-8,13-18H2,1-2H3. The van der Waals surface area contributed by atoms with Crippen LogP contribution in [0.15, 0.2) is 24.3 Å². The average Bonchev–Trinajstić information content (AvgIpc) is 3.06. The van der Waals surface area contributed by atoms with Crippen molar-refractivity contribution in [1.82, 2.24) is 4.90 Å². The first-order chi connectivity index (χ1) is 13.1. The van der Waals surface area contributed by atoms with Crippen LogP contribution in [-0.2, 0) is 4.79 Å². The molecule has 2 fully saturated rings. The Morgan fingerprint density at radius 2 is 1.81 bits per heavy atom. The van der Waals surface area contributed by atoms with Gasteiger partial charge in [-0.2, -0.15) is 11.8 Å². The normalized spacial score (nSPS) is 22.2. The molecular formula is C23H35NO2S. The second-order valence-corrected chi connectivity index (χ2v) is 9.85. The van der Waals surface area contributed by atoms with Crippen LogP contribution in [0.25, 0.3) is 0 Å². The van der Waals surface area contributed by atoms with E-state index in [1.54, 1.807) is 0 Å². The lowest BCUT2D eigenvalue weighted by Crippen LogP contribution is -2.39. The van der Waals surface area contributed by atoms with Crippen molar-refractivity contribution < 1.29 is 9.53 Å². The molecule has 3 nitrogen and oxygen atoms in total. The first-order valence-electron chi connectivity index (χ1n) is 10.7. The van der Waals surface area contributed by atoms with Crippen LogP contribution < -0.4 is 4.74 Å². The maximum atomic E-state index is 12.7. The molecule has 1 atom stereocenters. The van der Waals surface area contributed by atoms with Crippen molar-refractivity contribution in [3.63, 3.8) is 0 Å². The Hall–Kier alpha value is -1.16. The van der Waals surface area contributed by atoms with E-state index in [9.17, 15) is 4.79 Å². The van der Waals surface area contributed by atoms with Crippen molar-refractivity contribution >= 4 is 17.7 Å². The van der Waals surface area contributed by atoms with Crippen molar-refractivity contribution in [1.29, 1.82) is 0 Å². The van der Waals surface area contributed by atoms with Gasteiger partial charge in [0.15, 0.2) is 6.61 Å². The fourth-order valence-corrected chi connectivity index (χ4v) is 6.29. The van der Waals surface area contributed by atoms with E-state index in [1.807, 2.05) is 29.2 Å². The van der Waals surface area contributed by atoms with Crippen molar-refractivity contribution in [3.05, 3.63) is 29.8 Å². The summed E-state index contributed by atoms with van der Waals surface area (Å²) in [4.78, 5) is 14.7. The number of likely N-dealkylation sites (N-methyl/N-ethyl adjacent to an activating group) is 1. The van der Waals surface area contributed by atoms with Gasteiger partial charge in [-0.3, -0.25) is 4.79 Å². The first kappa shape index (κ1) is 20.6. The zero-order valence-corrected chi connectivity index (χ0v) is 17.9. The van der Waals surface area contributed by atoms with Crippen LogP contribution in [0.5, 0.6) is 5.75 Å². The zero-order valence-electron chi connectivity index (χ0n) is 17.0. The number of amides is 1. The van der Waals surface area contributed by atoms with Crippen molar-refractivity contribution in [2.45, 2.75) is 70.0 Å². The third kappa shape index (κ3) is 5.91. The molecule has 1 heterocycles. The number of hydrogen-bond acceptors (Lipinski definition) is 3. The lowest BCUT2D eigenvalue weighted by atomic mass is 9.84. The van der Waals surface area contributed by atoms with E-state index in [0.717, 1.165) is 18.8 Å². The molecule has 1 saturated heterocycles. The van der Waals surface area contributed by atoms with Gasteiger partial charge in [0.1, 0.15) is 5.75 Å². The van der Waals surface area contributed by atoms with Gasteiger partial charge in [-0.1, -0.05) is 49.8 Å². The van der Waals surface area contributed by atoms with Gasteiger partial charge >= 0.3 is 0 Å². The summed E-state index contributed by atoms with van der Waals surface area (Å²) in [6.07, 6.45) is 11.1. The minimum absolute atomic E-state index is 0.113. The van der Waals surface area contributed by atoms with E-state index >= 15 is 0 Å². The molecule has 0 radical (unpaired) electrons. The fraction of sp³-hybridized carbons (Fsp3) is 0.696.